The van der Waals surface area contributed by atoms with Gasteiger partial charge in [0.25, 0.3) is 0 Å². The van der Waals surface area contributed by atoms with Crippen molar-refractivity contribution in [1.82, 2.24) is 4.98 Å². The molecule has 0 saturated carbocycles. The van der Waals surface area contributed by atoms with Crippen LogP contribution in [-0.4, -0.2) is 17.1 Å². The van der Waals surface area contributed by atoms with Gasteiger partial charge < -0.3 is 14.4 Å². The number of hydrogen-bond donors (Lipinski definition) is 1. The number of pyridine rings is 1. The minimum Gasteiger partial charge on any atom is -0.439 e. The zero-order chi connectivity index (χ0) is 15.1. The van der Waals surface area contributed by atoms with Gasteiger partial charge in [-0.2, -0.15) is 0 Å². The van der Waals surface area contributed by atoms with Crippen LogP contribution < -0.4 is 10.2 Å². The molecule has 22 heavy (non-hydrogen) atoms. The van der Waals surface area contributed by atoms with Crippen LogP contribution in [0.4, 0.5) is 0 Å². The molecule has 108 valence electrons. The molecule has 4 rings (SSSR count). The van der Waals surface area contributed by atoms with E-state index in [1.807, 2.05) is 42.5 Å². The lowest BCUT2D eigenvalue weighted by molar-refractivity contribution is 0.275. The van der Waals surface area contributed by atoms with E-state index in [0.29, 0.717) is 18.2 Å². The summed E-state index contributed by atoms with van der Waals surface area (Å²) in [5.41, 5.74) is 2.64. The summed E-state index contributed by atoms with van der Waals surface area (Å²) in [4.78, 5) is 4.51. The van der Waals surface area contributed by atoms with E-state index in [1.54, 1.807) is 0 Å². The Morgan fingerprint density at radius 3 is 2.95 bits per heavy atom. The molecule has 4 nitrogen and oxygen atoms in total. The number of ether oxygens (including phenoxy) is 1. The van der Waals surface area contributed by atoms with Crippen molar-refractivity contribution in [3.05, 3.63) is 57.7 Å². The molecule has 1 aliphatic heterocycles. The van der Waals surface area contributed by atoms with Gasteiger partial charge in [0.15, 0.2) is 0 Å². The lowest BCUT2D eigenvalue weighted by Gasteiger charge is -2.07. The van der Waals surface area contributed by atoms with Gasteiger partial charge in [0.05, 0.1) is 12.1 Å². The average molecular weight is 403 g/mol. The van der Waals surface area contributed by atoms with Gasteiger partial charge in [-0.15, -0.1) is 0 Å². The standard InChI is InChI=1S/C16H11BINO3/c18-12-2-5-15-10(7-12)1-6-16(19-15)22-13-3-4-14-11(8-13)9-21-17(14)20/h1-8,20H,9H2. The van der Waals surface area contributed by atoms with Crippen LogP contribution in [0.1, 0.15) is 5.56 Å². The van der Waals surface area contributed by atoms with Crippen LogP contribution in [-0.2, 0) is 11.3 Å². The first-order valence-corrected chi connectivity index (χ1v) is 7.93. The molecule has 0 amide bonds. The van der Waals surface area contributed by atoms with Gasteiger partial charge in [-0.1, -0.05) is 6.07 Å². The monoisotopic (exact) mass is 403 g/mol. The Bertz CT molecular complexity index is 871. The molecule has 6 heteroatoms. The van der Waals surface area contributed by atoms with E-state index in [0.717, 1.165) is 21.9 Å². The van der Waals surface area contributed by atoms with Crippen LogP contribution in [0.2, 0.25) is 0 Å². The highest BCUT2D eigenvalue weighted by molar-refractivity contribution is 14.1. The molecule has 0 bridgehead atoms. The number of nitrogens with zero attached hydrogens (tertiary/aromatic N) is 1. The summed E-state index contributed by atoms with van der Waals surface area (Å²) in [6, 6.07) is 15.5. The first kappa shape index (κ1) is 14.0. The lowest BCUT2D eigenvalue weighted by Crippen LogP contribution is -2.27. The average Bonchev–Trinajstić information content (AvgIpc) is 2.88. The molecular weight excluding hydrogens is 392 g/mol. The van der Waals surface area contributed by atoms with Crippen molar-refractivity contribution < 1.29 is 14.4 Å². The number of aromatic nitrogens is 1. The first-order valence-electron chi connectivity index (χ1n) is 6.86. The first-order chi connectivity index (χ1) is 10.7. The molecule has 2 aromatic carbocycles. The van der Waals surface area contributed by atoms with Crippen molar-refractivity contribution in [3.63, 3.8) is 0 Å². The zero-order valence-electron chi connectivity index (χ0n) is 11.5. The van der Waals surface area contributed by atoms with Crippen molar-refractivity contribution in [2.45, 2.75) is 6.61 Å². The zero-order valence-corrected chi connectivity index (χ0v) is 13.6. The van der Waals surface area contributed by atoms with Gasteiger partial charge in [0.2, 0.25) is 5.88 Å². The molecule has 0 radical (unpaired) electrons. The molecule has 0 spiro atoms. The van der Waals surface area contributed by atoms with Crippen LogP contribution in [0.5, 0.6) is 11.6 Å². The summed E-state index contributed by atoms with van der Waals surface area (Å²) in [7, 11) is -0.828. The van der Waals surface area contributed by atoms with Crippen LogP contribution >= 0.6 is 22.6 Å². The SMILES string of the molecule is OB1OCc2cc(Oc3ccc4cc(I)ccc4n3)ccc21. The Morgan fingerprint density at radius 1 is 1.14 bits per heavy atom. The molecule has 0 unspecified atom stereocenters. The van der Waals surface area contributed by atoms with E-state index in [2.05, 4.69) is 33.6 Å². The van der Waals surface area contributed by atoms with Crippen molar-refractivity contribution in [2.75, 3.05) is 0 Å². The fourth-order valence-electron chi connectivity index (χ4n) is 2.53. The summed E-state index contributed by atoms with van der Waals surface area (Å²) in [6.45, 7) is 0.400. The van der Waals surface area contributed by atoms with Crippen LogP contribution in [0, 0.1) is 3.57 Å². The maximum absolute atomic E-state index is 9.63. The molecule has 1 aliphatic rings. The largest absolute Gasteiger partial charge is 0.491 e. The lowest BCUT2D eigenvalue weighted by atomic mass is 9.80. The Balaban J connectivity index is 1.65. The second-order valence-electron chi connectivity index (χ2n) is 5.11. The second kappa shape index (κ2) is 5.53. The molecule has 0 fully saturated rings. The predicted octanol–water partition coefficient (Wildman–Crippen LogP) is 2.85. The number of rotatable bonds is 2. The molecule has 3 aromatic rings. The van der Waals surface area contributed by atoms with Gasteiger partial charge in [-0.05, 0) is 70.0 Å². The molecule has 0 aliphatic carbocycles. The normalized spacial score (nSPS) is 13.5. The predicted molar refractivity (Wildman–Crippen MR) is 93.4 cm³/mol. The quantitative estimate of drug-likeness (QED) is 0.529. The van der Waals surface area contributed by atoms with Gasteiger partial charge in [0, 0.05) is 15.0 Å². The molecule has 1 aromatic heterocycles. The van der Waals surface area contributed by atoms with E-state index in [4.69, 9.17) is 9.39 Å². The van der Waals surface area contributed by atoms with Gasteiger partial charge in [-0.25, -0.2) is 4.98 Å². The summed E-state index contributed by atoms with van der Waals surface area (Å²) >= 11 is 2.28. The third kappa shape index (κ3) is 2.58. The molecular formula is C16H11BINO3. The summed E-state index contributed by atoms with van der Waals surface area (Å²) in [6.07, 6.45) is 0. The number of hydrogen-bond acceptors (Lipinski definition) is 4. The van der Waals surface area contributed by atoms with E-state index in [1.165, 1.54) is 3.57 Å². The maximum atomic E-state index is 9.63. The second-order valence-corrected chi connectivity index (χ2v) is 6.36. The number of halogens is 1. The third-order valence-corrected chi connectivity index (χ3v) is 4.30. The van der Waals surface area contributed by atoms with E-state index in [9.17, 15) is 5.02 Å². The van der Waals surface area contributed by atoms with Crippen molar-refractivity contribution in [1.29, 1.82) is 0 Å². The number of benzene rings is 2. The molecule has 0 saturated heterocycles. The van der Waals surface area contributed by atoms with Crippen LogP contribution in [0.25, 0.3) is 10.9 Å². The number of fused-ring (bicyclic) bond motifs is 2. The Kier molecular flexibility index (Phi) is 3.52. The Labute approximate surface area is 141 Å². The van der Waals surface area contributed by atoms with E-state index < -0.39 is 7.12 Å². The van der Waals surface area contributed by atoms with Gasteiger partial charge in [-0.3, -0.25) is 0 Å². The fourth-order valence-corrected chi connectivity index (χ4v) is 3.04. The third-order valence-electron chi connectivity index (χ3n) is 3.63. The Morgan fingerprint density at radius 2 is 2.05 bits per heavy atom. The van der Waals surface area contributed by atoms with Crippen molar-refractivity contribution in [3.8, 4) is 11.6 Å². The molecule has 0 atom stereocenters. The molecule has 2 heterocycles. The Hall–Kier alpha value is -1.64. The van der Waals surface area contributed by atoms with E-state index >= 15 is 0 Å². The minimum absolute atomic E-state index is 0.400. The maximum Gasteiger partial charge on any atom is 0.491 e. The minimum atomic E-state index is -0.828. The summed E-state index contributed by atoms with van der Waals surface area (Å²) in [5.74, 6) is 1.24. The molecule has 1 N–H and O–H groups in total. The fraction of sp³-hybridized carbons (Fsp3) is 0.0625. The summed E-state index contributed by atoms with van der Waals surface area (Å²) < 4.78 is 12.2. The van der Waals surface area contributed by atoms with Gasteiger partial charge >= 0.3 is 7.12 Å². The highest BCUT2D eigenvalue weighted by atomic mass is 127. The van der Waals surface area contributed by atoms with Crippen molar-refractivity contribution >= 4 is 46.1 Å². The topological polar surface area (TPSA) is 51.6 Å². The van der Waals surface area contributed by atoms with Crippen LogP contribution in [0.3, 0.4) is 0 Å². The highest BCUT2D eigenvalue weighted by Gasteiger charge is 2.27. The van der Waals surface area contributed by atoms with Gasteiger partial charge in [0.1, 0.15) is 5.75 Å². The van der Waals surface area contributed by atoms with Crippen molar-refractivity contribution in [2.24, 2.45) is 0 Å². The van der Waals surface area contributed by atoms with Crippen LogP contribution in [0.15, 0.2) is 48.5 Å². The summed E-state index contributed by atoms with van der Waals surface area (Å²) in [5, 5.41) is 10.7. The smallest absolute Gasteiger partial charge is 0.439 e. The highest BCUT2D eigenvalue weighted by Crippen LogP contribution is 2.25. The van der Waals surface area contributed by atoms with E-state index in [-0.39, 0.29) is 0 Å².